The van der Waals surface area contributed by atoms with E-state index in [2.05, 4.69) is 5.39 Å². The van der Waals surface area contributed by atoms with Crippen LogP contribution in [0.2, 0.25) is 6.32 Å². The summed E-state index contributed by atoms with van der Waals surface area (Å²) in [5.74, 6) is 0. The summed E-state index contributed by atoms with van der Waals surface area (Å²) in [5, 5.41) is 10.0. The summed E-state index contributed by atoms with van der Waals surface area (Å²) in [6, 6.07) is 13.8. The van der Waals surface area contributed by atoms with Crippen LogP contribution < -0.4 is 5.39 Å². The Bertz CT molecular complexity index is 197. The summed E-state index contributed by atoms with van der Waals surface area (Å²) >= 11 is 0. The van der Waals surface area contributed by atoms with Crippen LogP contribution in [0, 0.1) is 11.3 Å². The van der Waals surface area contributed by atoms with E-state index in [1.54, 1.807) is 6.07 Å². The standard InChI is InChI=1S/C6H6.C2H6BNO.C2H3N/c1-2-4-6-5-3-1;1-2-5-4-3-1;1-2-3/h1-6H;3-4H,1-2H2;1H3. The monoisotopic (exact) mass is 190 g/mol. The van der Waals surface area contributed by atoms with E-state index >= 15 is 0 Å². The lowest BCUT2D eigenvalue weighted by atomic mass is 9.94. The third-order valence-corrected chi connectivity index (χ3v) is 1.29. The molecule has 0 saturated carbocycles. The van der Waals surface area contributed by atoms with Crippen molar-refractivity contribution >= 4 is 7.41 Å². The minimum Gasteiger partial charge on any atom is -0.314 e. The maximum atomic E-state index is 7.32. The fourth-order valence-electron chi connectivity index (χ4n) is 0.746. The van der Waals surface area contributed by atoms with E-state index in [4.69, 9.17) is 10.1 Å². The molecule has 0 bridgehead atoms. The molecule has 0 atom stereocenters. The Kier molecular flexibility index (Phi) is 10.6. The molecule has 0 radical (unpaired) electrons. The van der Waals surface area contributed by atoms with Gasteiger partial charge in [-0.05, 0) is 6.32 Å². The molecule has 1 saturated heterocycles. The Balaban J connectivity index is 0.000000193. The molecule has 1 aliphatic heterocycles. The molecular formula is C10H15BN2O. The highest BCUT2D eigenvalue weighted by molar-refractivity contribution is 6.32. The fourth-order valence-corrected chi connectivity index (χ4v) is 0.746. The van der Waals surface area contributed by atoms with Crippen LogP contribution in [0.5, 0.6) is 0 Å². The lowest BCUT2D eigenvalue weighted by molar-refractivity contribution is 0.128. The molecule has 3 nitrogen and oxygen atoms in total. The van der Waals surface area contributed by atoms with Gasteiger partial charge in [0, 0.05) is 6.92 Å². The average molecular weight is 190 g/mol. The van der Waals surface area contributed by atoms with E-state index in [9.17, 15) is 0 Å². The maximum absolute atomic E-state index is 7.32. The zero-order chi connectivity index (χ0) is 10.5. The zero-order valence-electron chi connectivity index (χ0n) is 8.44. The predicted molar refractivity (Wildman–Crippen MR) is 58.8 cm³/mol. The molecule has 1 fully saturated rings. The van der Waals surface area contributed by atoms with Gasteiger partial charge >= 0.3 is 0 Å². The molecule has 0 spiro atoms. The van der Waals surface area contributed by atoms with Crippen molar-refractivity contribution in [3.63, 3.8) is 0 Å². The normalized spacial score (nSPS) is 12.0. The van der Waals surface area contributed by atoms with Crippen molar-refractivity contribution in [2.24, 2.45) is 0 Å². The molecular weight excluding hydrogens is 175 g/mol. The fraction of sp³-hybridized carbons (Fsp3) is 0.300. The maximum Gasteiger partial charge on any atom is 0.236 e. The molecule has 1 aliphatic rings. The minimum atomic E-state index is 0.889. The second-order valence-corrected chi connectivity index (χ2v) is 2.47. The van der Waals surface area contributed by atoms with E-state index < -0.39 is 0 Å². The van der Waals surface area contributed by atoms with Crippen LogP contribution in [0.3, 0.4) is 0 Å². The van der Waals surface area contributed by atoms with Crippen LogP contribution in [0.15, 0.2) is 36.4 Å². The van der Waals surface area contributed by atoms with E-state index in [1.165, 1.54) is 13.2 Å². The highest BCUT2D eigenvalue weighted by atomic mass is 16.6. The molecule has 4 heteroatoms. The van der Waals surface area contributed by atoms with Crippen molar-refractivity contribution in [1.82, 2.24) is 5.39 Å². The molecule has 0 aromatic heterocycles. The highest BCUT2D eigenvalue weighted by Crippen LogP contribution is 1.82. The summed E-state index contributed by atoms with van der Waals surface area (Å²) in [7, 11) is 1.03. The molecule has 74 valence electrons. The van der Waals surface area contributed by atoms with Crippen molar-refractivity contribution < 1.29 is 4.84 Å². The van der Waals surface area contributed by atoms with Gasteiger partial charge < -0.3 is 4.84 Å². The molecule has 1 N–H and O–H groups in total. The summed E-state index contributed by atoms with van der Waals surface area (Å²) < 4.78 is 0. The molecule has 0 aliphatic carbocycles. The second kappa shape index (κ2) is 11.7. The number of nitrogens with one attached hydrogen (secondary N) is 1. The molecule has 0 unspecified atom stereocenters. The van der Waals surface area contributed by atoms with Gasteiger partial charge in [0.1, 0.15) is 0 Å². The first-order valence-corrected chi connectivity index (χ1v) is 4.57. The highest BCUT2D eigenvalue weighted by Gasteiger charge is 1.96. The van der Waals surface area contributed by atoms with Crippen LogP contribution in [-0.2, 0) is 4.84 Å². The Morgan fingerprint density at radius 3 is 1.79 bits per heavy atom. The van der Waals surface area contributed by atoms with Crippen molar-refractivity contribution in [2.75, 3.05) is 6.61 Å². The smallest absolute Gasteiger partial charge is 0.236 e. The van der Waals surface area contributed by atoms with Crippen molar-refractivity contribution in [1.29, 1.82) is 5.26 Å². The summed E-state index contributed by atoms with van der Waals surface area (Å²) in [6.45, 7) is 2.32. The van der Waals surface area contributed by atoms with E-state index in [-0.39, 0.29) is 0 Å². The number of nitrogens with zero attached hydrogens (tertiary/aromatic N) is 1. The molecule has 1 aromatic rings. The van der Waals surface area contributed by atoms with E-state index in [0.29, 0.717) is 0 Å². The summed E-state index contributed by atoms with van der Waals surface area (Å²) in [5.41, 5.74) is 0. The van der Waals surface area contributed by atoms with Crippen molar-refractivity contribution in [3.8, 4) is 6.07 Å². The van der Waals surface area contributed by atoms with Gasteiger partial charge in [-0.3, -0.25) is 0 Å². The van der Waals surface area contributed by atoms with Crippen molar-refractivity contribution in [3.05, 3.63) is 36.4 Å². The Morgan fingerprint density at radius 2 is 1.64 bits per heavy atom. The first-order valence-electron chi connectivity index (χ1n) is 4.57. The van der Waals surface area contributed by atoms with Gasteiger partial charge in [-0.1, -0.05) is 36.4 Å². The quantitative estimate of drug-likeness (QED) is 0.630. The Labute approximate surface area is 85.9 Å². The largest absolute Gasteiger partial charge is 0.314 e. The third-order valence-electron chi connectivity index (χ3n) is 1.29. The van der Waals surface area contributed by atoms with E-state index in [1.807, 2.05) is 36.4 Å². The molecule has 1 aromatic carbocycles. The lowest BCUT2D eigenvalue weighted by Crippen LogP contribution is -2.05. The number of rotatable bonds is 0. The number of hydrogen-bond acceptors (Lipinski definition) is 3. The van der Waals surface area contributed by atoms with Gasteiger partial charge in [-0.15, -0.1) is 0 Å². The molecule has 0 amide bonds. The predicted octanol–water partition coefficient (Wildman–Crippen LogP) is 1.51. The van der Waals surface area contributed by atoms with Gasteiger partial charge in [0.15, 0.2) is 0 Å². The van der Waals surface area contributed by atoms with Crippen LogP contribution >= 0.6 is 0 Å². The second-order valence-electron chi connectivity index (χ2n) is 2.47. The molecule has 1 heterocycles. The van der Waals surface area contributed by atoms with Gasteiger partial charge in [0.05, 0.1) is 12.7 Å². The number of benzene rings is 1. The topological polar surface area (TPSA) is 45.0 Å². The lowest BCUT2D eigenvalue weighted by Gasteiger charge is -1.80. The Hall–Kier alpha value is -1.31. The van der Waals surface area contributed by atoms with Gasteiger partial charge in [0.2, 0.25) is 7.41 Å². The van der Waals surface area contributed by atoms with Gasteiger partial charge in [0.25, 0.3) is 0 Å². The zero-order valence-corrected chi connectivity index (χ0v) is 8.44. The summed E-state index contributed by atoms with van der Waals surface area (Å²) in [6.07, 6.45) is 1.17. The number of nitriles is 1. The van der Waals surface area contributed by atoms with Gasteiger partial charge in [-0.2, -0.15) is 5.26 Å². The SMILES string of the molecule is B1CCON1.CC#N.c1ccccc1. The van der Waals surface area contributed by atoms with Crippen LogP contribution in [-0.4, -0.2) is 14.0 Å². The van der Waals surface area contributed by atoms with Crippen molar-refractivity contribution in [2.45, 2.75) is 13.2 Å². The third kappa shape index (κ3) is 10.7. The van der Waals surface area contributed by atoms with Gasteiger partial charge in [-0.25, -0.2) is 5.39 Å². The number of hydrogen-bond donors (Lipinski definition) is 1. The first-order chi connectivity index (χ1) is 6.91. The Morgan fingerprint density at radius 1 is 1.21 bits per heavy atom. The minimum absolute atomic E-state index is 0.889. The first kappa shape index (κ1) is 12.7. The molecule has 2 rings (SSSR count). The van der Waals surface area contributed by atoms with Crippen LogP contribution in [0.4, 0.5) is 0 Å². The van der Waals surface area contributed by atoms with E-state index in [0.717, 1.165) is 14.0 Å². The van der Waals surface area contributed by atoms with Crippen LogP contribution in [0.25, 0.3) is 0 Å². The average Bonchev–Trinajstić information content (AvgIpc) is 2.80. The summed E-state index contributed by atoms with van der Waals surface area (Å²) in [4.78, 5) is 4.69. The molecule has 14 heavy (non-hydrogen) atoms. The van der Waals surface area contributed by atoms with Crippen LogP contribution in [0.1, 0.15) is 6.92 Å².